The van der Waals surface area contributed by atoms with E-state index in [9.17, 15) is 0 Å². The monoisotopic (exact) mass is 489 g/mol. The molecule has 3 heterocycles. The fourth-order valence-corrected chi connectivity index (χ4v) is 4.26. The Kier molecular flexibility index (Phi) is 4.85. The van der Waals surface area contributed by atoms with Crippen molar-refractivity contribution in [3.8, 4) is 33.9 Å². The van der Waals surface area contributed by atoms with Gasteiger partial charge in [-0.2, -0.15) is 0 Å². The Morgan fingerprint density at radius 1 is 0.515 bits per heavy atom. The molecule has 0 saturated carbocycles. The molecule has 3 aromatic carbocycles. The van der Waals surface area contributed by atoms with Crippen molar-refractivity contribution in [3.05, 3.63) is 102 Å². The molecule has 0 atom stereocenters. The number of pyridine rings is 2. The van der Waals surface area contributed by atoms with E-state index in [0.717, 1.165) is 44.1 Å². The standard InChI is InChI=1S/C27H16BrN5/c28-27-32-25(18-6-2-1-3-7-18)31-26(33-27)21-9-4-8-19(14-21)22-15-20-12-11-17-10-5-13-29-23(17)24(20)30-16-22/h1-16H. The largest absolute Gasteiger partial charge is 0.254 e. The summed E-state index contributed by atoms with van der Waals surface area (Å²) in [5.41, 5.74) is 5.74. The first-order valence-corrected chi connectivity index (χ1v) is 11.3. The molecule has 6 aromatic rings. The van der Waals surface area contributed by atoms with Crippen molar-refractivity contribution < 1.29 is 0 Å². The third-order valence-electron chi connectivity index (χ3n) is 5.52. The van der Waals surface area contributed by atoms with E-state index in [4.69, 9.17) is 9.97 Å². The third kappa shape index (κ3) is 3.75. The van der Waals surface area contributed by atoms with E-state index in [0.29, 0.717) is 16.4 Å². The molecule has 0 aliphatic heterocycles. The number of rotatable bonds is 3. The van der Waals surface area contributed by atoms with Gasteiger partial charge in [-0.1, -0.05) is 66.7 Å². The van der Waals surface area contributed by atoms with Crippen LogP contribution in [0.15, 0.2) is 102 Å². The summed E-state index contributed by atoms with van der Waals surface area (Å²) in [5.74, 6) is 1.24. The maximum atomic E-state index is 4.74. The number of hydrogen-bond acceptors (Lipinski definition) is 5. The molecule has 33 heavy (non-hydrogen) atoms. The first-order chi connectivity index (χ1) is 16.2. The van der Waals surface area contributed by atoms with Gasteiger partial charge in [0.2, 0.25) is 4.73 Å². The Balaban J connectivity index is 1.43. The molecule has 3 aromatic heterocycles. The molecular formula is C27H16BrN5. The topological polar surface area (TPSA) is 64.5 Å². The SMILES string of the molecule is Brc1nc(-c2ccccc2)nc(-c2cccc(-c3cnc4c(ccc5cccnc54)c3)c2)n1. The number of fused-ring (bicyclic) bond motifs is 3. The van der Waals surface area contributed by atoms with Gasteiger partial charge in [0.15, 0.2) is 11.6 Å². The van der Waals surface area contributed by atoms with Crippen LogP contribution in [0.2, 0.25) is 0 Å². The van der Waals surface area contributed by atoms with Crippen molar-refractivity contribution >= 4 is 37.7 Å². The second-order valence-corrected chi connectivity index (χ2v) is 8.34. The highest BCUT2D eigenvalue weighted by molar-refractivity contribution is 9.10. The van der Waals surface area contributed by atoms with Gasteiger partial charge in [-0.3, -0.25) is 9.97 Å². The van der Waals surface area contributed by atoms with Gasteiger partial charge >= 0.3 is 0 Å². The Hall–Kier alpha value is -4.03. The smallest absolute Gasteiger partial charge is 0.200 e. The summed E-state index contributed by atoms with van der Waals surface area (Å²) in [6.07, 6.45) is 3.70. The zero-order valence-corrected chi connectivity index (χ0v) is 18.9. The van der Waals surface area contributed by atoms with Crippen LogP contribution in [-0.2, 0) is 0 Å². The maximum Gasteiger partial charge on any atom is 0.200 e. The number of aromatic nitrogens is 5. The van der Waals surface area contributed by atoms with E-state index in [-0.39, 0.29) is 0 Å². The second kappa shape index (κ2) is 8.15. The highest BCUT2D eigenvalue weighted by atomic mass is 79.9. The molecule has 156 valence electrons. The molecule has 5 nitrogen and oxygen atoms in total. The van der Waals surface area contributed by atoms with Crippen LogP contribution in [0.25, 0.3) is 55.7 Å². The average Bonchev–Trinajstić information content (AvgIpc) is 2.88. The Labute approximate surface area is 198 Å². The summed E-state index contributed by atoms with van der Waals surface area (Å²) in [4.78, 5) is 22.9. The molecule has 0 unspecified atom stereocenters. The molecule has 6 rings (SSSR count). The van der Waals surface area contributed by atoms with E-state index < -0.39 is 0 Å². The van der Waals surface area contributed by atoms with E-state index >= 15 is 0 Å². The molecule has 0 amide bonds. The number of halogens is 1. The van der Waals surface area contributed by atoms with Crippen molar-refractivity contribution in [3.63, 3.8) is 0 Å². The summed E-state index contributed by atoms with van der Waals surface area (Å²) >= 11 is 3.44. The summed E-state index contributed by atoms with van der Waals surface area (Å²) < 4.78 is 0.503. The van der Waals surface area contributed by atoms with E-state index in [1.807, 2.05) is 54.7 Å². The minimum absolute atomic E-state index is 0.503. The minimum Gasteiger partial charge on any atom is -0.254 e. The van der Waals surface area contributed by atoms with Crippen molar-refractivity contribution in [1.82, 2.24) is 24.9 Å². The van der Waals surface area contributed by atoms with Crippen LogP contribution in [0.5, 0.6) is 0 Å². The lowest BCUT2D eigenvalue weighted by Crippen LogP contribution is -1.97. The molecule has 6 heteroatoms. The van der Waals surface area contributed by atoms with Crippen LogP contribution >= 0.6 is 15.9 Å². The van der Waals surface area contributed by atoms with Crippen LogP contribution in [-0.4, -0.2) is 24.9 Å². The molecule has 0 fully saturated rings. The fourth-order valence-electron chi connectivity index (χ4n) is 3.93. The fraction of sp³-hybridized carbons (Fsp3) is 0. The quantitative estimate of drug-likeness (QED) is 0.258. The van der Waals surface area contributed by atoms with Crippen LogP contribution < -0.4 is 0 Å². The Morgan fingerprint density at radius 2 is 1.24 bits per heavy atom. The predicted molar refractivity (Wildman–Crippen MR) is 134 cm³/mol. The van der Waals surface area contributed by atoms with Crippen LogP contribution in [0.3, 0.4) is 0 Å². The van der Waals surface area contributed by atoms with Gasteiger partial charge in [-0.25, -0.2) is 15.0 Å². The van der Waals surface area contributed by atoms with E-state index in [1.165, 1.54) is 0 Å². The lowest BCUT2D eigenvalue weighted by molar-refractivity contribution is 1.03. The highest BCUT2D eigenvalue weighted by Crippen LogP contribution is 2.29. The normalized spacial score (nSPS) is 11.2. The molecule has 0 N–H and O–H groups in total. The summed E-state index contributed by atoms with van der Waals surface area (Å²) in [7, 11) is 0. The lowest BCUT2D eigenvalue weighted by Gasteiger charge is -2.08. The third-order valence-corrected chi connectivity index (χ3v) is 5.87. The number of hydrogen-bond donors (Lipinski definition) is 0. The summed E-state index contributed by atoms with van der Waals surface area (Å²) in [6.45, 7) is 0. The number of benzene rings is 3. The van der Waals surface area contributed by atoms with Crippen LogP contribution in [0.1, 0.15) is 0 Å². The van der Waals surface area contributed by atoms with Gasteiger partial charge in [0.25, 0.3) is 0 Å². The van der Waals surface area contributed by atoms with Gasteiger partial charge in [-0.05, 0) is 39.7 Å². The summed E-state index contributed by atoms with van der Waals surface area (Å²) in [5, 5.41) is 2.14. The Morgan fingerprint density at radius 3 is 2.12 bits per heavy atom. The Bertz CT molecular complexity index is 1630. The zero-order valence-electron chi connectivity index (χ0n) is 17.4. The van der Waals surface area contributed by atoms with Gasteiger partial charge < -0.3 is 0 Å². The molecule has 0 bridgehead atoms. The summed E-state index contributed by atoms with van der Waals surface area (Å²) in [6, 6.07) is 28.4. The molecule has 0 radical (unpaired) electrons. The van der Waals surface area contributed by atoms with Crippen molar-refractivity contribution in [1.29, 1.82) is 0 Å². The second-order valence-electron chi connectivity index (χ2n) is 7.63. The molecular weight excluding hydrogens is 474 g/mol. The van der Waals surface area contributed by atoms with Crippen LogP contribution in [0.4, 0.5) is 0 Å². The van der Waals surface area contributed by atoms with Gasteiger partial charge in [-0.15, -0.1) is 0 Å². The van der Waals surface area contributed by atoms with Crippen molar-refractivity contribution in [2.24, 2.45) is 0 Å². The maximum absolute atomic E-state index is 4.74. The first-order valence-electron chi connectivity index (χ1n) is 10.5. The van der Waals surface area contributed by atoms with Crippen molar-refractivity contribution in [2.45, 2.75) is 0 Å². The average molecular weight is 490 g/mol. The zero-order chi connectivity index (χ0) is 22.2. The lowest BCUT2D eigenvalue weighted by atomic mass is 10.0. The van der Waals surface area contributed by atoms with Gasteiger partial charge in [0.1, 0.15) is 0 Å². The van der Waals surface area contributed by atoms with E-state index in [1.54, 1.807) is 6.20 Å². The van der Waals surface area contributed by atoms with Gasteiger partial charge in [0.05, 0.1) is 11.0 Å². The molecule has 0 aliphatic carbocycles. The number of nitrogens with zero attached hydrogens (tertiary/aromatic N) is 5. The molecule has 0 saturated heterocycles. The molecule has 0 aliphatic rings. The minimum atomic E-state index is 0.503. The van der Waals surface area contributed by atoms with Crippen LogP contribution in [0, 0.1) is 0 Å². The predicted octanol–water partition coefficient (Wildman–Crippen LogP) is 6.73. The van der Waals surface area contributed by atoms with Crippen molar-refractivity contribution in [2.75, 3.05) is 0 Å². The molecule has 0 spiro atoms. The van der Waals surface area contributed by atoms with E-state index in [2.05, 4.69) is 67.3 Å². The van der Waals surface area contributed by atoms with Gasteiger partial charge in [0, 0.05) is 39.9 Å². The highest BCUT2D eigenvalue weighted by Gasteiger charge is 2.11. The first kappa shape index (κ1) is 19.6.